The molecular formula is C27H28IrN4O2+3. The summed E-state index contributed by atoms with van der Waals surface area (Å²) in [6.45, 7) is 6.74. The molecule has 2 aromatic carbocycles. The fourth-order valence-corrected chi connectivity index (χ4v) is 2.79. The van der Waals surface area contributed by atoms with Gasteiger partial charge in [-0.1, -0.05) is 60.7 Å². The summed E-state index contributed by atoms with van der Waals surface area (Å²) >= 11 is 0. The van der Waals surface area contributed by atoms with Gasteiger partial charge in [-0.3, -0.25) is 9.59 Å². The van der Waals surface area contributed by atoms with E-state index in [4.69, 9.17) is 0 Å². The first-order chi connectivity index (χ1) is 15.8. The molecule has 4 rings (SSSR count). The number of hydrogen-bond acceptors (Lipinski definition) is 6. The predicted molar refractivity (Wildman–Crippen MR) is 130 cm³/mol. The standard InChI is InChI=1S/2C11H10N2.C5H8O2.Ir/c2*1-9-7-11(13-8-12-9)10-5-3-2-4-6-10;1-4(6)3-5(2)7;/h2*2-8H,1H3;3H2,1-2H3;/q;;;+3. The van der Waals surface area contributed by atoms with Gasteiger partial charge in [-0.15, -0.1) is 0 Å². The van der Waals surface area contributed by atoms with Crippen molar-refractivity contribution in [3.63, 3.8) is 0 Å². The molecule has 0 N–H and O–H groups in total. The Kier molecular flexibility index (Phi) is 13.0. The van der Waals surface area contributed by atoms with Crippen LogP contribution in [0.1, 0.15) is 31.7 Å². The van der Waals surface area contributed by atoms with Crippen molar-refractivity contribution in [2.45, 2.75) is 34.1 Å². The maximum atomic E-state index is 10.0. The van der Waals surface area contributed by atoms with E-state index in [2.05, 4.69) is 19.9 Å². The van der Waals surface area contributed by atoms with E-state index >= 15 is 0 Å². The molecule has 2 heterocycles. The molecule has 0 radical (unpaired) electrons. The number of benzene rings is 2. The van der Waals surface area contributed by atoms with Crippen LogP contribution in [0.4, 0.5) is 0 Å². The van der Waals surface area contributed by atoms with E-state index in [0.717, 1.165) is 33.9 Å². The van der Waals surface area contributed by atoms with E-state index in [1.807, 2.05) is 86.6 Å². The molecule has 7 heteroatoms. The Labute approximate surface area is 214 Å². The fourth-order valence-electron chi connectivity index (χ4n) is 2.79. The third kappa shape index (κ3) is 10.9. The van der Waals surface area contributed by atoms with Crippen LogP contribution < -0.4 is 0 Å². The van der Waals surface area contributed by atoms with Gasteiger partial charge in [0.1, 0.15) is 24.2 Å². The molecule has 0 fully saturated rings. The quantitative estimate of drug-likeness (QED) is 0.278. The number of carbonyl (C=O) groups is 2. The minimum Gasteiger partial charge on any atom is -0.300 e. The summed E-state index contributed by atoms with van der Waals surface area (Å²) in [4.78, 5) is 36.6. The van der Waals surface area contributed by atoms with E-state index in [1.165, 1.54) is 13.8 Å². The Morgan fingerprint density at radius 1 is 0.618 bits per heavy atom. The van der Waals surface area contributed by atoms with Crippen LogP contribution in [0.15, 0.2) is 85.5 Å². The van der Waals surface area contributed by atoms with Gasteiger partial charge in [-0.2, -0.15) is 0 Å². The smallest absolute Gasteiger partial charge is 0.300 e. The van der Waals surface area contributed by atoms with Crippen LogP contribution in [-0.4, -0.2) is 31.5 Å². The summed E-state index contributed by atoms with van der Waals surface area (Å²) in [7, 11) is 0. The first-order valence-corrected chi connectivity index (χ1v) is 10.5. The summed E-state index contributed by atoms with van der Waals surface area (Å²) in [6.07, 6.45) is 3.27. The van der Waals surface area contributed by atoms with Crippen LogP contribution >= 0.6 is 0 Å². The summed E-state index contributed by atoms with van der Waals surface area (Å²) in [5.41, 5.74) is 6.21. The van der Waals surface area contributed by atoms with Crippen LogP contribution in [0.25, 0.3) is 22.5 Å². The molecule has 0 aliphatic rings. The predicted octanol–water partition coefficient (Wildman–Crippen LogP) is 5.46. The van der Waals surface area contributed by atoms with Gasteiger partial charge >= 0.3 is 20.1 Å². The summed E-state index contributed by atoms with van der Waals surface area (Å²) < 4.78 is 0. The van der Waals surface area contributed by atoms with Crippen molar-refractivity contribution in [3.05, 3.63) is 96.8 Å². The van der Waals surface area contributed by atoms with Crippen LogP contribution in [-0.2, 0) is 29.7 Å². The zero-order valence-electron chi connectivity index (χ0n) is 19.7. The van der Waals surface area contributed by atoms with Gasteiger partial charge < -0.3 is 0 Å². The van der Waals surface area contributed by atoms with E-state index in [9.17, 15) is 9.59 Å². The molecule has 174 valence electrons. The van der Waals surface area contributed by atoms with E-state index in [0.29, 0.717) is 0 Å². The Hall–Kier alpha value is -3.41. The number of rotatable bonds is 4. The van der Waals surface area contributed by atoms with Gasteiger partial charge in [0.15, 0.2) is 0 Å². The molecule has 0 amide bonds. The maximum absolute atomic E-state index is 10.0. The Morgan fingerprint density at radius 3 is 1.24 bits per heavy atom. The number of aryl methyl sites for hydroxylation is 2. The largest absolute Gasteiger partial charge is 3.00 e. The third-order valence-electron chi connectivity index (χ3n) is 4.24. The molecule has 0 aliphatic heterocycles. The average Bonchev–Trinajstić information content (AvgIpc) is 2.80. The monoisotopic (exact) mass is 633 g/mol. The second kappa shape index (κ2) is 15.4. The van der Waals surface area contributed by atoms with Crippen molar-refractivity contribution in [1.29, 1.82) is 0 Å². The van der Waals surface area contributed by atoms with Crippen LogP contribution in [0, 0.1) is 13.8 Å². The number of aromatic nitrogens is 4. The number of carbonyl (C=O) groups excluding carboxylic acids is 2. The molecular weight excluding hydrogens is 605 g/mol. The van der Waals surface area contributed by atoms with E-state index in [1.54, 1.807) is 12.7 Å². The first-order valence-electron chi connectivity index (χ1n) is 10.5. The van der Waals surface area contributed by atoms with Crippen molar-refractivity contribution in [3.8, 4) is 22.5 Å². The van der Waals surface area contributed by atoms with Gasteiger partial charge in [0.05, 0.1) is 17.8 Å². The Morgan fingerprint density at radius 2 is 0.971 bits per heavy atom. The SMILES string of the molecule is CC(=O)CC(C)=O.Cc1cc(-c2ccccc2)ncn1.Cc1cc(-c2ccccc2)ncn1.[Ir+3]. The number of hydrogen-bond donors (Lipinski definition) is 0. The summed E-state index contributed by atoms with van der Waals surface area (Å²) in [5, 5.41) is 0. The molecule has 0 saturated heterocycles. The van der Waals surface area contributed by atoms with Crippen molar-refractivity contribution >= 4 is 11.6 Å². The molecule has 6 nitrogen and oxygen atoms in total. The minimum atomic E-state index is -0.0625. The van der Waals surface area contributed by atoms with Crippen LogP contribution in [0.5, 0.6) is 0 Å². The average molecular weight is 633 g/mol. The molecule has 4 aromatic rings. The molecule has 0 saturated carbocycles. The summed E-state index contributed by atoms with van der Waals surface area (Å²) in [6, 6.07) is 24.2. The molecule has 0 aliphatic carbocycles. The first kappa shape index (κ1) is 28.6. The van der Waals surface area contributed by atoms with Gasteiger partial charge in [-0.25, -0.2) is 19.9 Å². The molecule has 0 unspecified atom stereocenters. The minimum absolute atomic E-state index is 0. The Balaban J connectivity index is 0.000000264. The van der Waals surface area contributed by atoms with Crippen molar-refractivity contribution in [1.82, 2.24) is 19.9 Å². The normalized spacial score (nSPS) is 9.29. The van der Waals surface area contributed by atoms with E-state index < -0.39 is 0 Å². The van der Waals surface area contributed by atoms with Gasteiger partial charge in [0.25, 0.3) is 0 Å². The topological polar surface area (TPSA) is 85.7 Å². The van der Waals surface area contributed by atoms with Crippen LogP contribution in [0.3, 0.4) is 0 Å². The zero-order chi connectivity index (χ0) is 24.1. The van der Waals surface area contributed by atoms with Gasteiger partial charge in [0, 0.05) is 22.5 Å². The maximum Gasteiger partial charge on any atom is 3.00 e. The second-order valence-corrected chi connectivity index (χ2v) is 7.40. The number of nitrogens with zero attached hydrogens (tertiary/aromatic N) is 4. The molecule has 0 bridgehead atoms. The van der Waals surface area contributed by atoms with Gasteiger partial charge in [0.2, 0.25) is 0 Å². The van der Waals surface area contributed by atoms with Crippen molar-refractivity contribution in [2.24, 2.45) is 0 Å². The zero-order valence-corrected chi connectivity index (χ0v) is 22.1. The van der Waals surface area contributed by atoms with Crippen LogP contribution in [0.2, 0.25) is 0 Å². The second-order valence-electron chi connectivity index (χ2n) is 7.40. The van der Waals surface area contributed by atoms with E-state index in [-0.39, 0.29) is 38.1 Å². The number of ketones is 2. The van der Waals surface area contributed by atoms with Crippen molar-refractivity contribution < 1.29 is 29.7 Å². The molecule has 0 spiro atoms. The molecule has 2 aromatic heterocycles. The Bertz CT molecular complexity index is 1080. The van der Waals surface area contributed by atoms with Crippen molar-refractivity contribution in [2.75, 3.05) is 0 Å². The third-order valence-corrected chi connectivity index (χ3v) is 4.24. The fraction of sp³-hybridized carbons (Fsp3) is 0.185. The molecule has 0 atom stereocenters. The number of Topliss-reactive ketones (excluding diaryl/α,β-unsaturated/α-hetero) is 2. The van der Waals surface area contributed by atoms with Gasteiger partial charge in [-0.05, 0) is 39.8 Å². The molecule has 34 heavy (non-hydrogen) atoms. The summed E-state index contributed by atoms with van der Waals surface area (Å²) in [5.74, 6) is -0.125.